The van der Waals surface area contributed by atoms with Gasteiger partial charge in [-0.3, -0.25) is 19.1 Å². The number of carbonyl (C=O) groups excluding carboxylic acids is 1. The van der Waals surface area contributed by atoms with Gasteiger partial charge in [0.1, 0.15) is 4.83 Å². The second-order valence-electron chi connectivity index (χ2n) is 3.27. The summed E-state index contributed by atoms with van der Waals surface area (Å²) in [4.78, 5) is 36.7. The molecule has 0 aliphatic rings. The van der Waals surface area contributed by atoms with Crippen molar-refractivity contribution in [2.45, 2.75) is 6.42 Å². The summed E-state index contributed by atoms with van der Waals surface area (Å²) in [7, 11) is 1.35. The highest BCUT2D eigenvalue weighted by Gasteiger charge is 2.14. The zero-order valence-electron chi connectivity index (χ0n) is 8.31. The summed E-state index contributed by atoms with van der Waals surface area (Å²) in [5.41, 5.74) is 4.37. The Bertz CT molecular complexity index is 681. The molecule has 0 bridgehead atoms. The van der Waals surface area contributed by atoms with Gasteiger partial charge in [-0.25, -0.2) is 4.79 Å². The molecule has 2 heterocycles. The zero-order valence-corrected chi connectivity index (χ0v) is 9.13. The fraction of sp³-hybridized carbons (Fsp3) is 0.250. The number of aromatic amines is 1. The lowest BCUT2D eigenvalue weighted by Gasteiger charge is -1.96. The van der Waals surface area contributed by atoms with Crippen molar-refractivity contribution in [1.82, 2.24) is 13.9 Å². The molecule has 0 aliphatic heterocycles. The molecule has 1 amide bonds. The van der Waals surface area contributed by atoms with E-state index in [0.717, 1.165) is 16.1 Å². The Morgan fingerprint density at radius 2 is 2.25 bits per heavy atom. The summed E-state index contributed by atoms with van der Waals surface area (Å²) in [5, 5.41) is 0.255. The molecule has 0 radical (unpaired) electrons. The first kappa shape index (κ1) is 10.6. The molecule has 2 aromatic heterocycles. The molecule has 3 N–H and O–H groups in total. The number of aromatic nitrogens is 3. The Kier molecular flexibility index (Phi) is 2.35. The molecule has 0 aromatic carbocycles. The van der Waals surface area contributed by atoms with Crippen LogP contribution < -0.4 is 17.0 Å². The van der Waals surface area contributed by atoms with Crippen LogP contribution in [-0.2, 0) is 18.3 Å². The number of carbonyl (C=O) groups is 1. The molecule has 0 atom stereocenters. The number of amides is 1. The molecule has 0 unspecified atom stereocenters. The van der Waals surface area contributed by atoms with Crippen LogP contribution in [0.4, 0.5) is 0 Å². The quantitative estimate of drug-likeness (QED) is 0.680. The first-order valence-corrected chi connectivity index (χ1v) is 5.14. The molecule has 16 heavy (non-hydrogen) atoms. The van der Waals surface area contributed by atoms with Crippen molar-refractivity contribution in [3.8, 4) is 0 Å². The molecule has 84 valence electrons. The maximum Gasteiger partial charge on any atom is 0.329 e. The Balaban J connectivity index is 2.81. The van der Waals surface area contributed by atoms with E-state index in [1.807, 2.05) is 0 Å². The number of nitrogens with two attached hydrogens (primary N) is 1. The molecule has 7 nitrogen and oxygen atoms in total. The lowest BCUT2D eigenvalue weighted by atomic mass is 10.2. The van der Waals surface area contributed by atoms with Crippen LogP contribution in [0.25, 0.3) is 10.2 Å². The molecule has 2 rings (SSSR count). The predicted molar refractivity (Wildman–Crippen MR) is 58.4 cm³/mol. The van der Waals surface area contributed by atoms with E-state index in [4.69, 9.17) is 5.73 Å². The molecule has 2 aromatic rings. The third-order valence-electron chi connectivity index (χ3n) is 2.15. The summed E-state index contributed by atoms with van der Waals surface area (Å²) in [6.45, 7) is 0. The molecule has 0 saturated carbocycles. The van der Waals surface area contributed by atoms with Crippen molar-refractivity contribution in [3.63, 3.8) is 0 Å². The Morgan fingerprint density at radius 1 is 1.56 bits per heavy atom. The largest absolute Gasteiger partial charge is 0.369 e. The normalized spacial score (nSPS) is 10.8. The van der Waals surface area contributed by atoms with Gasteiger partial charge in [-0.1, -0.05) is 0 Å². The van der Waals surface area contributed by atoms with E-state index >= 15 is 0 Å². The van der Waals surface area contributed by atoms with Gasteiger partial charge in [0.25, 0.3) is 5.56 Å². The Labute approximate surface area is 92.7 Å². The fourth-order valence-electron chi connectivity index (χ4n) is 1.36. The number of primary amides is 1. The summed E-state index contributed by atoms with van der Waals surface area (Å²) in [6, 6.07) is 0. The zero-order chi connectivity index (χ0) is 11.9. The maximum atomic E-state index is 11.8. The minimum Gasteiger partial charge on any atom is -0.369 e. The number of fused-ring (bicyclic) bond motifs is 1. The van der Waals surface area contributed by atoms with Crippen LogP contribution >= 0.6 is 11.5 Å². The molecule has 0 saturated heterocycles. The van der Waals surface area contributed by atoms with Gasteiger partial charge in [-0.2, -0.15) is 4.37 Å². The van der Waals surface area contributed by atoms with Gasteiger partial charge in [0, 0.05) is 7.05 Å². The van der Waals surface area contributed by atoms with Gasteiger partial charge in [0.2, 0.25) is 5.91 Å². The van der Waals surface area contributed by atoms with Crippen molar-refractivity contribution < 1.29 is 4.79 Å². The average Bonchev–Trinajstić information content (AvgIpc) is 2.57. The molecular formula is C8H8N4O3S. The minimum atomic E-state index is -0.569. The van der Waals surface area contributed by atoms with E-state index < -0.39 is 17.2 Å². The van der Waals surface area contributed by atoms with Crippen LogP contribution in [0.15, 0.2) is 9.59 Å². The highest BCUT2D eigenvalue weighted by Crippen LogP contribution is 2.15. The highest BCUT2D eigenvalue weighted by atomic mass is 32.1. The van der Waals surface area contributed by atoms with Crippen molar-refractivity contribution in [1.29, 1.82) is 0 Å². The highest BCUT2D eigenvalue weighted by molar-refractivity contribution is 7.12. The number of H-pyrrole nitrogens is 1. The van der Waals surface area contributed by atoms with Gasteiger partial charge < -0.3 is 5.73 Å². The second-order valence-corrected chi connectivity index (χ2v) is 4.04. The summed E-state index contributed by atoms with van der Waals surface area (Å²) < 4.78 is 4.87. The first-order chi connectivity index (χ1) is 7.50. The third-order valence-corrected chi connectivity index (χ3v) is 2.95. The van der Waals surface area contributed by atoms with Gasteiger partial charge in [-0.15, -0.1) is 0 Å². The fourth-order valence-corrected chi connectivity index (χ4v) is 2.14. The van der Waals surface area contributed by atoms with Gasteiger partial charge in [0.15, 0.2) is 0 Å². The summed E-state index contributed by atoms with van der Waals surface area (Å²) in [6.07, 6.45) is -0.110. The van der Waals surface area contributed by atoms with Gasteiger partial charge in [0.05, 0.1) is 17.5 Å². The monoisotopic (exact) mass is 240 g/mol. The third kappa shape index (κ3) is 1.52. The second kappa shape index (κ2) is 3.56. The molecule has 0 aliphatic carbocycles. The lowest BCUT2D eigenvalue weighted by molar-refractivity contribution is -0.117. The van der Waals surface area contributed by atoms with Crippen LogP contribution in [0.2, 0.25) is 0 Å². The number of nitrogens with one attached hydrogen (secondary N) is 1. The maximum absolute atomic E-state index is 11.8. The van der Waals surface area contributed by atoms with E-state index in [9.17, 15) is 14.4 Å². The van der Waals surface area contributed by atoms with Gasteiger partial charge in [-0.05, 0) is 11.5 Å². The molecular weight excluding hydrogens is 232 g/mol. The molecule has 0 spiro atoms. The standard InChI is InChI=1S/C8H8N4O3S/c1-12-7(14)5-3(2-4(9)13)11-16-6(5)10-8(12)15/h2H2,1H3,(H2,9,13)(H,10,15). The van der Waals surface area contributed by atoms with Crippen LogP contribution in [0, 0.1) is 0 Å². The average molecular weight is 240 g/mol. The van der Waals surface area contributed by atoms with E-state index in [1.165, 1.54) is 7.05 Å². The van der Waals surface area contributed by atoms with Crippen molar-refractivity contribution >= 4 is 27.7 Å². The van der Waals surface area contributed by atoms with E-state index in [1.54, 1.807) is 0 Å². The number of nitrogens with zero attached hydrogens (tertiary/aromatic N) is 2. The number of rotatable bonds is 2. The van der Waals surface area contributed by atoms with Crippen LogP contribution in [0.3, 0.4) is 0 Å². The smallest absolute Gasteiger partial charge is 0.329 e. The molecule has 0 fully saturated rings. The lowest BCUT2D eigenvalue weighted by Crippen LogP contribution is -2.32. The number of hydrogen-bond acceptors (Lipinski definition) is 5. The van der Waals surface area contributed by atoms with E-state index in [2.05, 4.69) is 9.36 Å². The minimum absolute atomic E-state index is 0.110. The van der Waals surface area contributed by atoms with Crippen molar-refractivity contribution in [2.24, 2.45) is 12.8 Å². The number of hydrogen-bond donors (Lipinski definition) is 2. The summed E-state index contributed by atoms with van der Waals surface area (Å²) in [5.74, 6) is -0.569. The van der Waals surface area contributed by atoms with Crippen molar-refractivity contribution in [2.75, 3.05) is 0 Å². The van der Waals surface area contributed by atoms with Gasteiger partial charge >= 0.3 is 5.69 Å². The first-order valence-electron chi connectivity index (χ1n) is 4.36. The van der Waals surface area contributed by atoms with Crippen LogP contribution in [0.5, 0.6) is 0 Å². The Hall–Kier alpha value is -1.96. The van der Waals surface area contributed by atoms with Crippen LogP contribution in [-0.4, -0.2) is 19.8 Å². The van der Waals surface area contributed by atoms with E-state index in [-0.39, 0.29) is 11.8 Å². The predicted octanol–water partition coefficient (Wildman–Crippen LogP) is -1.29. The summed E-state index contributed by atoms with van der Waals surface area (Å²) >= 11 is 0.966. The SMILES string of the molecule is Cn1c(=O)[nH]c2snc(CC(N)=O)c2c1=O. The van der Waals surface area contributed by atoms with E-state index in [0.29, 0.717) is 10.5 Å². The Morgan fingerprint density at radius 3 is 2.88 bits per heavy atom. The topological polar surface area (TPSA) is 111 Å². The molecule has 8 heteroatoms. The van der Waals surface area contributed by atoms with Crippen molar-refractivity contribution in [3.05, 3.63) is 26.5 Å². The van der Waals surface area contributed by atoms with Crippen LogP contribution in [0.1, 0.15) is 5.69 Å².